The molecule has 0 bridgehead atoms. The highest BCUT2D eigenvalue weighted by molar-refractivity contribution is 5.90. The Morgan fingerprint density at radius 3 is 1.46 bits per heavy atom. The second-order valence-electron chi connectivity index (χ2n) is 14.9. The topological polar surface area (TPSA) is 225 Å². The summed E-state index contributed by atoms with van der Waals surface area (Å²) < 4.78 is 89.1. The standard InChI is InChI=1S/C44H67NO20/c1-43(2)64-32-44(3,33-65-43)42(47)63-31-36-8-7-35(29-37(36)45(48)49)41(46)62-30-34-27-38(59-24-21-56-18-15-53-12-9-50-4)40(61-26-23-58-20-17-55-14-11-52-6)39(28-34)60-25-22-57-19-16-54-13-10-51-5/h7-8,27-29H,9-26,30-33H2,1-6H3. The Kier molecular flexibility index (Phi) is 26.8. The number of hydrogen-bond donors (Lipinski definition) is 0. The summed E-state index contributed by atoms with van der Waals surface area (Å²) in [5, 5.41) is 12.1. The number of rotatable bonds is 37. The molecule has 21 heteroatoms. The molecule has 1 heterocycles. The van der Waals surface area contributed by atoms with Crippen LogP contribution in [0.1, 0.15) is 42.3 Å². The Hall–Kier alpha value is -4.26. The quantitative estimate of drug-likeness (QED) is 0.0405. The molecule has 1 aliphatic rings. The molecule has 2 aromatic rings. The van der Waals surface area contributed by atoms with Gasteiger partial charge >= 0.3 is 11.9 Å². The second-order valence-corrected chi connectivity index (χ2v) is 14.9. The summed E-state index contributed by atoms with van der Waals surface area (Å²) in [5.74, 6) is -1.55. The van der Waals surface area contributed by atoms with E-state index in [1.54, 1.807) is 54.2 Å². The third-order valence-electron chi connectivity index (χ3n) is 9.15. The number of nitro groups is 1. The molecule has 0 unspecified atom stereocenters. The first kappa shape index (κ1) is 55.1. The van der Waals surface area contributed by atoms with Crippen LogP contribution in [0.3, 0.4) is 0 Å². The van der Waals surface area contributed by atoms with Gasteiger partial charge in [0.2, 0.25) is 5.75 Å². The van der Waals surface area contributed by atoms with Crippen molar-refractivity contribution in [3.63, 3.8) is 0 Å². The first-order valence-electron chi connectivity index (χ1n) is 21.3. The highest BCUT2D eigenvalue weighted by Gasteiger charge is 2.43. The molecular weight excluding hydrogens is 862 g/mol. The van der Waals surface area contributed by atoms with Gasteiger partial charge in [-0.1, -0.05) is 0 Å². The Bertz CT molecular complexity index is 1620. The first-order chi connectivity index (χ1) is 31.4. The monoisotopic (exact) mass is 929 g/mol. The molecule has 1 fully saturated rings. The largest absolute Gasteiger partial charge is 0.487 e. The number of hydrogen-bond acceptors (Lipinski definition) is 20. The van der Waals surface area contributed by atoms with Gasteiger partial charge in [0, 0.05) is 27.4 Å². The van der Waals surface area contributed by atoms with Crippen LogP contribution >= 0.6 is 0 Å². The summed E-state index contributed by atoms with van der Waals surface area (Å²) >= 11 is 0. The van der Waals surface area contributed by atoms with Gasteiger partial charge in [0.15, 0.2) is 17.3 Å². The zero-order valence-corrected chi connectivity index (χ0v) is 38.6. The lowest BCUT2D eigenvalue weighted by molar-refractivity contribution is -0.385. The van der Waals surface area contributed by atoms with Crippen molar-refractivity contribution in [2.45, 2.75) is 39.8 Å². The maximum absolute atomic E-state index is 13.4. The first-order valence-corrected chi connectivity index (χ1v) is 21.3. The average Bonchev–Trinajstić information content (AvgIpc) is 3.29. The van der Waals surface area contributed by atoms with E-state index in [-0.39, 0.29) is 87.8 Å². The lowest BCUT2D eigenvalue weighted by Gasteiger charge is -2.39. The predicted octanol–water partition coefficient (Wildman–Crippen LogP) is 3.96. The van der Waals surface area contributed by atoms with Crippen LogP contribution in [-0.2, 0) is 79.6 Å². The van der Waals surface area contributed by atoms with Gasteiger partial charge in [-0.05, 0) is 50.6 Å². The van der Waals surface area contributed by atoms with Gasteiger partial charge in [-0.15, -0.1) is 0 Å². The Labute approximate surface area is 380 Å². The summed E-state index contributed by atoms with van der Waals surface area (Å²) in [5.41, 5.74) is -1.11. The van der Waals surface area contributed by atoms with Crippen LogP contribution in [0, 0.1) is 15.5 Å². The van der Waals surface area contributed by atoms with Crippen LogP contribution in [0.15, 0.2) is 30.3 Å². The molecule has 0 aliphatic carbocycles. The highest BCUT2D eigenvalue weighted by Crippen LogP contribution is 2.40. The SMILES string of the molecule is COCCOCCOCCOc1cc(COC(=O)c2ccc(COC(=O)C3(C)COC(C)(C)OC3)c([N+](=O)[O-])c2)cc(OCCOCCOCCOC)c1OCCOCCOCCOC. The normalized spacial score (nSPS) is 14.2. The van der Waals surface area contributed by atoms with E-state index in [1.807, 2.05) is 0 Å². The number of carbonyl (C=O) groups is 2. The third kappa shape index (κ3) is 21.7. The minimum Gasteiger partial charge on any atom is -0.487 e. The van der Waals surface area contributed by atoms with Gasteiger partial charge in [0.05, 0.1) is 128 Å². The smallest absolute Gasteiger partial charge is 0.338 e. The predicted molar refractivity (Wildman–Crippen MR) is 230 cm³/mol. The van der Waals surface area contributed by atoms with E-state index in [4.69, 9.17) is 75.8 Å². The van der Waals surface area contributed by atoms with Crippen LogP contribution in [0.5, 0.6) is 17.2 Å². The molecule has 3 rings (SSSR count). The highest BCUT2D eigenvalue weighted by atomic mass is 16.7. The van der Waals surface area contributed by atoms with E-state index < -0.39 is 40.4 Å². The van der Waals surface area contributed by atoms with Crippen molar-refractivity contribution in [1.82, 2.24) is 0 Å². The number of nitrogens with zero attached hydrogens (tertiary/aromatic N) is 1. The maximum atomic E-state index is 13.4. The van der Waals surface area contributed by atoms with Crippen LogP contribution in [0.4, 0.5) is 5.69 Å². The molecule has 0 N–H and O–H groups in total. The number of nitro benzene ring substituents is 1. The second kappa shape index (κ2) is 31.6. The minimum absolute atomic E-state index is 0.0464. The van der Waals surface area contributed by atoms with Gasteiger partial charge in [-0.3, -0.25) is 14.9 Å². The van der Waals surface area contributed by atoms with Gasteiger partial charge in [0.1, 0.15) is 38.4 Å². The summed E-state index contributed by atoms with van der Waals surface area (Å²) in [6, 6.07) is 7.03. The third-order valence-corrected chi connectivity index (χ3v) is 9.15. The van der Waals surface area contributed by atoms with Gasteiger partial charge in [0.25, 0.3) is 5.69 Å². The Morgan fingerprint density at radius 1 is 0.585 bits per heavy atom. The van der Waals surface area contributed by atoms with Gasteiger partial charge in [-0.25, -0.2) is 4.79 Å². The van der Waals surface area contributed by atoms with Crippen molar-refractivity contribution in [3.05, 3.63) is 57.1 Å². The van der Waals surface area contributed by atoms with E-state index in [0.29, 0.717) is 84.8 Å². The molecule has 1 aliphatic heterocycles. The minimum atomic E-state index is -1.11. The zero-order valence-electron chi connectivity index (χ0n) is 38.6. The molecule has 0 atom stereocenters. The van der Waals surface area contributed by atoms with Crippen molar-refractivity contribution in [2.24, 2.45) is 5.41 Å². The molecular formula is C44H67NO20. The maximum Gasteiger partial charge on any atom is 0.338 e. The van der Waals surface area contributed by atoms with Crippen molar-refractivity contribution in [2.75, 3.05) is 153 Å². The molecule has 65 heavy (non-hydrogen) atoms. The van der Waals surface area contributed by atoms with Crippen molar-refractivity contribution in [3.8, 4) is 17.2 Å². The van der Waals surface area contributed by atoms with E-state index in [9.17, 15) is 19.7 Å². The van der Waals surface area contributed by atoms with Crippen LogP contribution in [0.2, 0.25) is 0 Å². The van der Waals surface area contributed by atoms with E-state index >= 15 is 0 Å². The Morgan fingerprint density at radius 2 is 1.02 bits per heavy atom. The van der Waals surface area contributed by atoms with Crippen molar-refractivity contribution < 1.29 is 90.3 Å². The fraction of sp³-hybridized carbons (Fsp3) is 0.682. The summed E-state index contributed by atoms with van der Waals surface area (Å²) in [6.45, 7) is 10.4. The van der Waals surface area contributed by atoms with Crippen LogP contribution in [-0.4, -0.2) is 176 Å². The molecule has 368 valence electrons. The molecule has 2 aromatic carbocycles. The fourth-order valence-corrected chi connectivity index (χ4v) is 5.49. The lowest BCUT2D eigenvalue weighted by atomic mass is 9.92. The number of ether oxygens (including phenoxy) is 16. The van der Waals surface area contributed by atoms with Crippen molar-refractivity contribution >= 4 is 17.6 Å². The molecule has 0 aromatic heterocycles. The van der Waals surface area contributed by atoms with E-state index in [0.717, 1.165) is 6.07 Å². The molecule has 21 nitrogen and oxygen atoms in total. The summed E-state index contributed by atoms with van der Waals surface area (Å²) in [7, 11) is 4.79. The summed E-state index contributed by atoms with van der Waals surface area (Å²) in [6.07, 6.45) is 0. The number of esters is 2. The van der Waals surface area contributed by atoms with E-state index in [1.165, 1.54) is 12.1 Å². The lowest BCUT2D eigenvalue weighted by Crippen LogP contribution is -2.49. The molecule has 0 saturated carbocycles. The fourth-order valence-electron chi connectivity index (χ4n) is 5.49. The zero-order chi connectivity index (χ0) is 47.2. The molecule has 1 saturated heterocycles. The number of benzene rings is 2. The summed E-state index contributed by atoms with van der Waals surface area (Å²) in [4.78, 5) is 37.8. The van der Waals surface area contributed by atoms with E-state index in [2.05, 4.69) is 0 Å². The Balaban J connectivity index is 1.74. The number of carbonyl (C=O) groups excluding carboxylic acids is 2. The molecule has 0 amide bonds. The van der Waals surface area contributed by atoms with Crippen LogP contribution < -0.4 is 14.2 Å². The number of methoxy groups -OCH3 is 3. The average molecular weight is 930 g/mol. The van der Waals surface area contributed by atoms with Crippen molar-refractivity contribution in [1.29, 1.82) is 0 Å². The molecule has 0 radical (unpaired) electrons. The van der Waals surface area contributed by atoms with Gasteiger partial charge < -0.3 is 75.8 Å². The van der Waals surface area contributed by atoms with Crippen LogP contribution in [0.25, 0.3) is 0 Å². The van der Waals surface area contributed by atoms with Gasteiger partial charge in [-0.2, -0.15) is 0 Å². The molecule has 0 spiro atoms.